The molecule has 0 aliphatic heterocycles. The summed E-state index contributed by atoms with van der Waals surface area (Å²) in [6.07, 6.45) is 6.69. The van der Waals surface area contributed by atoms with Gasteiger partial charge in [-0.25, -0.2) is 4.79 Å². The van der Waals surface area contributed by atoms with E-state index in [2.05, 4.69) is 16.0 Å². The van der Waals surface area contributed by atoms with Crippen LogP contribution in [0.15, 0.2) is 88.0 Å². The van der Waals surface area contributed by atoms with Gasteiger partial charge in [-0.2, -0.15) is 0 Å². The number of hydrogen-bond donors (Lipinski definition) is 3. The molecule has 0 atom stereocenters. The molecule has 0 fully saturated rings. The van der Waals surface area contributed by atoms with Gasteiger partial charge in [0.1, 0.15) is 16.5 Å². The number of aryl methyl sites for hydroxylation is 1. The van der Waals surface area contributed by atoms with Crippen LogP contribution in [0.5, 0.6) is 0 Å². The summed E-state index contributed by atoms with van der Waals surface area (Å²) in [5.41, 5.74) is 2.36. The largest absolute Gasteiger partial charge is 0.465 e. The van der Waals surface area contributed by atoms with Crippen LogP contribution < -0.4 is 16.0 Å². The Bertz CT molecular complexity index is 1680. The van der Waals surface area contributed by atoms with E-state index in [0.717, 1.165) is 41.0 Å². The summed E-state index contributed by atoms with van der Waals surface area (Å²) in [6.45, 7) is 2.03. The molecular weight excluding hydrogens is 599 g/mol. The third-order valence-corrected chi connectivity index (χ3v) is 8.93. The first-order valence-corrected chi connectivity index (χ1v) is 16.0. The SMILES string of the molecule is CCOC(=O)c1c(NC(=O)CSc2cccc(NC(=O)/C(=C/c3ccco3)NC(=O)c3ccccc3)c2)sc2c1CCCC2. The second-order valence-corrected chi connectivity index (χ2v) is 12.0. The topological polar surface area (TPSA) is 127 Å². The van der Waals surface area contributed by atoms with Crippen LogP contribution in [0.3, 0.4) is 0 Å². The van der Waals surface area contributed by atoms with E-state index in [-0.39, 0.29) is 24.0 Å². The standard InChI is InChI=1S/C33H31N3O6S2/c1-2-41-33(40)29-25-15-6-7-16-27(25)44-32(29)36-28(37)20-43-24-14-8-12-22(18-24)34-31(39)26(19-23-13-9-17-42-23)35-30(38)21-10-4-3-5-11-21/h3-5,8-14,17-19H,2,6-7,15-16,20H2,1H3,(H,34,39)(H,35,38)(H,36,37)/b26-19-. The molecule has 1 aliphatic rings. The summed E-state index contributed by atoms with van der Waals surface area (Å²) < 4.78 is 10.6. The molecule has 9 nitrogen and oxygen atoms in total. The molecule has 0 saturated heterocycles. The van der Waals surface area contributed by atoms with Crippen molar-refractivity contribution in [3.8, 4) is 0 Å². The number of thiophene rings is 1. The number of benzene rings is 2. The van der Waals surface area contributed by atoms with E-state index in [4.69, 9.17) is 9.15 Å². The van der Waals surface area contributed by atoms with Gasteiger partial charge in [-0.15, -0.1) is 23.1 Å². The van der Waals surface area contributed by atoms with E-state index in [1.165, 1.54) is 35.4 Å². The number of rotatable bonds is 11. The molecule has 3 amide bonds. The number of esters is 1. The van der Waals surface area contributed by atoms with Crippen LogP contribution in [0, 0.1) is 0 Å². The number of nitrogens with one attached hydrogen (secondary N) is 3. The zero-order chi connectivity index (χ0) is 30.9. The molecule has 2 aromatic carbocycles. The number of carbonyl (C=O) groups excluding carboxylic acids is 4. The number of carbonyl (C=O) groups is 4. The van der Waals surface area contributed by atoms with E-state index in [1.54, 1.807) is 67.6 Å². The first-order chi connectivity index (χ1) is 21.4. The number of ether oxygens (including phenoxy) is 1. The molecule has 0 bridgehead atoms. The lowest BCUT2D eigenvalue weighted by atomic mass is 9.95. The summed E-state index contributed by atoms with van der Waals surface area (Å²) in [7, 11) is 0. The molecule has 11 heteroatoms. The molecular formula is C33H31N3O6S2. The molecule has 44 heavy (non-hydrogen) atoms. The average Bonchev–Trinajstić information content (AvgIpc) is 3.68. The second kappa shape index (κ2) is 14.7. The summed E-state index contributed by atoms with van der Waals surface area (Å²) >= 11 is 2.74. The highest BCUT2D eigenvalue weighted by atomic mass is 32.2. The van der Waals surface area contributed by atoms with Crippen molar-refractivity contribution in [1.29, 1.82) is 0 Å². The van der Waals surface area contributed by atoms with Gasteiger partial charge in [0.25, 0.3) is 11.8 Å². The van der Waals surface area contributed by atoms with Crippen molar-refractivity contribution in [2.75, 3.05) is 23.0 Å². The van der Waals surface area contributed by atoms with Crippen molar-refractivity contribution < 1.29 is 28.3 Å². The average molecular weight is 630 g/mol. The van der Waals surface area contributed by atoms with Crippen molar-refractivity contribution in [1.82, 2.24) is 5.32 Å². The number of fused-ring (bicyclic) bond motifs is 1. The van der Waals surface area contributed by atoms with E-state index < -0.39 is 17.8 Å². The minimum absolute atomic E-state index is 0.00212. The van der Waals surface area contributed by atoms with Gasteiger partial charge >= 0.3 is 5.97 Å². The fourth-order valence-corrected chi connectivity index (χ4v) is 6.75. The molecule has 226 valence electrons. The fraction of sp³-hybridized carbons (Fsp3) is 0.212. The van der Waals surface area contributed by atoms with Crippen molar-refractivity contribution in [2.45, 2.75) is 37.5 Å². The van der Waals surface area contributed by atoms with Gasteiger partial charge in [-0.1, -0.05) is 24.3 Å². The molecule has 2 heterocycles. The van der Waals surface area contributed by atoms with Gasteiger partial charge in [0.2, 0.25) is 5.91 Å². The predicted molar refractivity (Wildman–Crippen MR) is 172 cm³/mol. The summed E-state index contributed by atoms with van der Waals surface area (Å²) in [6, 6.07) is 19.0. The van der Waals surface area contributed by atoms with E-state index in [9.17, 15) is 19.2 Å². The normalized spacial score (nSPS) is 12.6. The van der Waals surface area contributed by atoms with Crippen molar-refractivity contribution >= 4 is 63.6 Å². The smallest absolute Gasteiger partial charge is 0.341 e. The third kappa shape index (κ3) is 7.86. The molecule has 2 aromatic heterocycles. The Balaban J connectivity index is 1.24. The fourth-order valence-electron chi connectivity index (χ4n) is 4.70. The molecule has 0 saturated carbocycles. The minimum Gasteiger partial charge on any atom is -0.465 e. The third-order valence-electron chi connectivity index (χ3n) is 6.72. The lowest BCUT2D eigenvalue weighted by molar-refractivity contribution is -0.114. The molecule has 3 N–H and O–H groups in total. The number of anilines is 2. The van der Waals surface area contributed by atoms with Crippen molar-refractivity contribution in [3.63, 3.8) is 0 Å². The first kappa shape index (κ1) is 30.8. The second-order valence-electron chi connectivity index (χ2n) is 9.85. The minimum atomic E-state index is -0.543. The Morgan fingerprint density at radius 2 is 1.80 bits per heavy atom. The molecule has 1 aliphatic carbocycles. The zero-order valence-corrected chi connectivity index (χ0v) is 25.6. The van der Waals surface area contributed by atoms with Gasteiger partial charge < -0.3 is 25.1 Å². The number of thioether (sulfide) groups is 1. The van der Waals surface area contributed by atoms with Crippen LogP contribution in [-0.4, -0.2) is 36.1 Å². The van der Waals surface area contributed by atoms with Gasteiger partial charge in [0, 0.05) is 27.1 Å². The summed E-state index contributed by atoms with van der Waals surface area (Å²) in [4.78, 5) is 53.6. The maximum absolute atomic E-state index is 13.3. The van der Waals surface area contributed by atoms with Crippen LogP contribution >= 0.6 is 23.1 Å². The number of furan rings is 1. The highest BCUT2D eigenvalue weighted by Crippen LogP contribution is 2.38. The van der Waals surface area contributed by atoms with Crippen LogP contribution in [0.2, 0.25) is 0 Å². The summed E-state index contributed by atoms with van der Waals surface area (Å²) in [5, 5.41) is 8.94. The maximum Gasteiger partial charge on any atom is 0.341 e. The Morgan fingerprint density at radius 1 is 0.977 bits per heavy atom. The van der Waals surface area contributed by atoms with Crippen molar-refractivity contribution in [2.24, 2.45) is 0 Å². The Morgan fingerprint density at radius 3 is 2.57 bits per heavy atom. The molecule has 0 radical (unpaired) electrons. The predicted octanol–water partition coefficient (Wildman–Crippen LogP) is 6.54. The van der Waals surface area contributed by atoms with Crippen LogP contribution in [0.4, 0.5) is 10.7 Å². The molecule has 5 rings (SSSR count). The quantitative estimate of drug-likeness (QED) is 0.0977. The zero-order valence-electron chi connectivity index (χ0n) is 24.0. The lowest BCUT2D eigenvalue weighted by Gasteiger charge is -2.12. The van der Waals surface area contributed by atoms with Crippen molar-refractivity contribution in [3.05, 3.63) is 106 Å². The van der Waals surface area contributed by atoms with Crippen LogP contribution in [-0.2, 0) is 27.2 Å². The Kier molecular flexibility index (Phi) is 10.3. The molecule has 0 unspecified atom stereocenters. The monoisotopic (exact) mass is 629 g/mol. The Labute approximate surface area is 263 Å². The number of amides is 3. The van der Waals surface area contributed by atoms with E-state index in [0.29, 0.717) is 27.6 Å². The van der Waals surface area contributed by atoms with Gasteiger partial charge in [-0.3, -0.25) is 14.4 Å². The van der Waals surface area contributed by atoms with Gasteiger partial charge in [-0.05, 0) is 80.6 Å². The van der Waals surface area contributed by atoms with Crippen LogP contribution in [0.25, 0.3) is 6.08 Å². The summed E-state index contributed by atoms with van der Waals surface area (Å²) in [5.74, 6) is -1.14. The maximum atomic E-state index is 13.3. The number of hydrogen-bond acceptors (Lipinski definition) is 8. The highest BCUT2D eigenvalue weighted by molar-refractivity contribution is 8.00. The first-order valence-electron chi connectivity index (χ1n) is 14.2. The highest BCUT2D eigenvalue weighted by Gasteiger charge is 2.27. The lowest BCUT2D eigenvalue weighted by Crippen LogP contribution is -2.30. The van der Waals surface area contributed by atoms with E-state index >= 15 is 0 Å². The van der Waals surface area contributed by atoms with Crippen LogP contribution in [0.1, 0.15) is 56.7 Å². The Hall–Kier alpha value is -4.61. The van der Waals surface area contributed by atoms with Gasteiger partial charge in [0.15, 0.2) is 0 Å². The molecule has 0 spiro atoms. The van der Waals surface area contributed by atoms with Gasteiger partial charge in [0.05, 0.1) is 24.2 Å². The molecule has 4 aromatic rings. The van der Waals surface area contributed by atoms with E-state index in [1.807, 2.05) is 6.07 Å².